The molecule has 1 aromatic rings. The van der Waals surface area contributed by atoms with Crippen molar-refractivity contribution in [3.05, 3.63) is 28.5 Å². The monoisotopic (exact) mass is 306 g/mol. The van der Waals surface area contributed by atoms with Gasteiger partial charge in [-0.25, -0.2) is 4.98 Å². The van der Waals surface area contributed by atoms with Crippen LogP contribution in [0.4, 0.5) is 0 Å². The van der Waals surface area contributed by atoms with Crippen molar-refractivity contribution in [2.24, 2.45) is 0 Å². The zero-order valence-electron chi connectivity index (χ0n) is 9.64. The summed E-state index contributed by atoms with van der Waals surface area (Å²) in [4.78, 5) is 17.6. The number of hydrogen-bond donors (Lipinski definition) is 0. The summed E-state index contributed by atoms with van der Waals surface area (Å²) >= 11 is 3.20. The van der Waals surface area contributed by atoms with Gasteiger partial charge in [0.2, 0.25) is 0 Å². The Bertz CT molecular complexity index is 486. The molecule has 0 bridgehead atoms. The lowest BCUT2D eigenvalue weighted by molar-refractivity contribution is 0.0762. The number of carbonyl (C=O) groups is 1. The molecule has 0 saturated carbocycles. The number of hydrogen-bond acceptors (Lipinski definition) is 4. The average molecular weight is 307 g/mol. The maximum absolute atomic E-state index is 12.2. The molecular formula is C12H11BrN4O. The number of nitrogens with zero attached hydrogens (tertiary/aromatic N) is 4. The molecule has 0 aliphatic heterocycles. The molecule has 0 aliphatic carbocycles. The van der Waals surface area contributed by atoms with Gasteiger partial charge in [-0.2, -0.15) is 10.5 Å². The third-order valence-electron chi connectivity index (χ3n) is 2.25. The second-order valence-corrected chi connectivity index (χ2v) is 4.29. The SMILES string of the molecule is N#CCCN(CCC#N)C(=O)c1ccnc(Br)c1. The lowest BCUT2D eigenvalue weighted by atomic mass is 10.2. The summed E-state index contributed by atoms with van der Waals surface area (Å²) in [7, 11) is 0. The first-order chi connectivity index (χ1) is 8.69. The Hall–Kier alpha value is -1.92. The fraction of sp³-hybridized carbons (Fsp3) is 0.333. The summed E-state index contributed by atoms with van der Waals surface area (Å²) < 4.78 is 0.578. The van der Waals surface area contributed by atoms with Crippen LogP contribution >= 0.6 is 15.9 Å². The van der Waals surface area contributed by atoms with Crippen LogP contribution in [-0.4, -0.2) is 28.9 Å². The molecule has 0 saturated heterocycles. The first kappa shape index (κ1) is 14.1. The van der Waals surface area contributed by atoms with Crippen molar-refractivity contribution in [1.29, 1.82) is 10.5 Å². The van der Waals surface area contributed by atoms with Crippen molar-refractivity contribution in [2.45, 2.75) is 12.8 Å². The molecule has 1 rings (SSSR count). The molecule has 1 amide bonds. The van der Waals surface area contributed by atoms with E-state index in [0.717, 1.165) is 0 Å². The molecule has 0 atom stereocenters. The van der Waals surface area contributed by atoms with E-state index in [9.17, 15) is 4.79 Å². The van der Waals surface area contributed by atoms with Gasteiger partial charge in [0.15, 0.2) is 0 Å². The van der Waals surface area contributed by atoms with Crippen LogP contribution in [-0.2, 0) is 0 Å². The standard InChI is InChI=1S/C12H11BrN4O/c13-11-9-10(3-6-16-11)12(18)17(7-1-4-14)8-2-5-15/h3,6,9H,1-2,7-8H2. The van der Waals surface area contributed by atoms with Crippen LogP contribution in [0.5, 0.6) is 0 Å². The van der Waals surface area contributed by atoms with Gasteiger partial charge < -0.3 is 4.90 Å². The van der Waals surface area contributed by atoms with Gasteiger partial charge in [-0.05, 0) is 28.1 Å². The summed E-state index contributed by atoms with van der Waals surface area (Å²) in [5.74, 6) is -0.191. The molecule has 0 aliphatic rings. The minimum absolute atomic E-state index is 0.191. The topological polar surface area (TPSA) is 80.8 Å². The Labute approximate surface area is 114 Å². The second kappa shape index (κ2) is 7.41. The first-order valence-corrected chi connectivity index (χ1v) is 6.13. The second-order valence-electron chi connectivity index (χ2n) is 3.48. The Morgan fingerprint density at radius 2 is 1.94 bits per heavy atom. The van der Waals surface area contributed by atoms with Crippen molar-refractivity contribution >= 4 is 21.8 Å². The number of nitriles is 2. The molecule has 6 heteroatoms. The zero-order chi connectivity index (χ0) is 13.4. The minimum Gasteiger partial charge on any atom is -0.337 e. The van der Waals surface area contributed by atoms with E-state index in [0.29, 0.717) is 23.3 Å². The molecule has 0 radical (unpaired) electrons. The molecule has 0 fully saturated rings. The van der Waals surface area contributed by atoms with E-state index in [4.69, 9.17) is 10.5 Å². The van der Waals surface area contributed by atoms with E-state index < -0.39 is 0 Å². The maximum atomic E-state index is 12.2. The largest absolute Gasteiger partial charge is 0.337 e. The van der Waals surface area contributed by atoms with Gasteiger partial charge in [-0.1, -0.05) is 0 Å². The Morgan fingerprint density at radius 1 is 1.33 bits per heavy atom. The third kappa shape index (κ3) is 4.15. The van der Waals surface area contributed by atoms with E-state index in [1.807, 2.05) is 12.1 Å². The fourth-order valence-corrected chi connectivity index (χ4v) is 1.77. The highest BCUT2D eigenvalue weighted by Crippen LogP contribution is 2.11. The summed E-state index contributed by atoms with van der Waals surface area (Å²) in [5, 5.41) is 17.1. The van der Waals surface area contributed by atoms with Crippen LogP contribution in [0, 0.1) is 22.7 Å². The van der Waals surface area contributed by atoms with Gasteiger partial charge in [-0.15, -0.1) is 0 Å². The molecule has 18 heavy (non-hydrogen) atoms. The highest BCUT2D eigenvalue weighted by atomic mass is 79.9. The van der Waals surface area contributed by atoms with Crippen molar-refractivity contribution in [1.82, 2.24) is 9.88 Å². The van der Waals surface area contributed by atoms with Crippen LogP contribution in [0.2, 0.25) is 0 Å². The van der Waals surface area contributed by atoms with Crippen molar-refractivity contribution < 1.29 is 4.79 Å². The van der Waals surface area contributed by atoms with E-state index in [1.54, 1.807) is 12.1 Å². The molecule has 0 spiro atoms. The summed E-state index contributed by atoms with van der Waals surface area (Å²) in [6, 6.07) is 7.22. The molecule has 0 aromatic carbocycles. The Balaban J connectivity index is 2.81. The summed E-state index contributed by atoms with van der Waals surface area (Å²) in [5.41, 5.74) is 0.493. The third-order valence-corrected chi connectivity index (χ3v) is 2.68. The van der Waals surface area contributed by atoms with Crippen LogP contribution in [0.15, 0.2) is 22.9 Å². The quantitative estimate of drug-likeness (QED) is 0.780. The number of pyridine rings is 1. The minimum atomic E-state index is -0.191. The molecule has 92 valence electrons. The van der Waals surface area contributed by atoms with Gasteiger partial charge in [0.25, 0.3) is 5.91 Å². The maximum Gasteiger partial charge on any atom is 0.254 e. The predicted octanol–water partition coefficient (Wildman–Crippen LogP) is 2.11. The molecule has 1 heterocycles. The number of halogens is 1. The van der Waals surface area contributed by atoms with E-state index in [1.165, 1.54) is 11.1 Å². The Kier molecular flexibility index (Phi) is 5.83. The number of carbonyl (C=O) groups excluding carboxylic acids is 1. The van der Waals surface area contributed by atoms with Crippen LogP contribution in [0.25, 0.3) is 0 Å². The van der Waals surface area contributed by atoms with Crippen LogP contribution in [0.1, 0.15) is 23.2 Å². The average Bonchev–Trinajstić information content (AvgIpc) is 2.38. The number of amides is 1. The van der Waals surface area contributed by atoms with E-state index >= 15 is 0 Å². The van der Waals surface area contributed by atoms with E-state index in [-0.39, 0.29) is 18.7 Å². The molecule has 0 unspecified atom stereocenters. The predicted molar refractivity (Wildman–Crippen MR) is 68.3 cm³/mol. The molecule has 5 nitrogen and oxygen atoms in total. The van der Waals surface area contributed by atoms with Crippen LogP contribution in [0.3, 0.4) is 0 Å². The van der Waals surface area contributed by atoms with Gasteiger partial charge in [0.05, 0.1) is 25.0 Å². The highest BCUT2D eigenvalue weighted by Gasteiger charge is 2.15. The van der Waals surface area contributed by atoms with Gasteiger partial charge >= 0.3 is 0 Å². The number of rotatable bonds is 5. The highest BCUT2D eigenvalue weighted by molar-refractivity contribution is 9.10. The zero-order valence-corrected chi connectivity index (χ0v) is 11.2. The summed E-state index contributed by atoms with van der Waals surface area (Å²) in [6.45, 7) is 0.661. The Morgan fingerprint density at radius 3 is 2.44 bits per heavy atom. The molecule has 1 aromatic heterocycles. The van der Waals surface area contributed by atoms with Gasteiger partial charge in [0.1, 0.15) is 4.60 Å². The van der Waals surface area contributed by atoms with Crippen LogP contribution < -0.4 is 0 Å². The first-order valence-electron chi connectivity index (χ1n) is 5.33. The van der Waals surface area contributed by atoms with Crippen molar-refractivity contribution in [3.8, 4) is 12.1 Å². The fourth-order valence-electron chi connectivity index (χ4n) is 1.40. The van der Waals surface area contributed by atoms with E-state index in [2.05, 4.69) is 20.9 Å². The lowest BCUT2D eigenvalue weighted by Crippen LogP contribution is -2.32. The van der Waals surface area contributed by atoms with Gasteiger partial charge in [-0.3, -0.25) is 4.79 Å². The lowest BCUT2D eigenvalue weighted by Gasteiger charge is -2.20. The van der Waals surface area contributed by atoms with Crippen molar-refractivity contribution in [3.63, 3.8) is 0 Å². The number of aromatic nitrogens is 1. The summed E-state index contributed by atoms with van der Waals surface area (Å²) in [6.07, 6.45) is 2.04. The van der Waals surface area contributed by atoms with Crippen molar-refractivity contribution in [2.75, 3.05) is 13.1 Å². The van der Waals surface area contributed by atoms with Gasteiger partial charge in [0, 0.05) is 24.8 Å². The molecular weight excluding hydrogens is 296 g/mol. The smallest absolute Gasteiger partial charge is 0.254 e. The molecule has 0 N–H and O–H groups in total. The normalized spacial score (nSPS) is 9.28.